The highest BCUT2D eigenvalue weighted by Gasteiger charge is 2.13. The first-order valence-electron chi connectivity index (χ1n) is 8.59. The standard InChI is InChI=1S/C21H19Cl2FN2O2/c1-27-20-8-15(12-26-11-14-3-2-6-25-10-14)7-19(23)21(20)28-13-16-4-5-17(24)9-18(16)22/h2-10,26H,11-13H2,1H3. The Morgan fingerprint density at radius 2 is 1.86 bits per heavy atom. The third-order valence-corrected chi connectivity index (χ3v) is 4.69. The summed E-state index contributed by atoms with van der Waals surface area (Å²) in [5.41, 5.74) is 2.71. The van der Waals surface area contributed by atoms with E-state index in [9.17, 15) is 4.39 Å². The van der Waals surface area contributed by atoms with Crippen molar-refractivity contribution in [3.8, 4) is 11.5 Å². The van der Waals surface area contributed by atoms with E-state index in [4.69, 9.17) is 32.7 Å². The molecule has 0 spiro atoms. The maximum Gasteiger partial charge on any atom is 0.180 e. The summed E-state index contributed by atoms with van der Waals surface area (Å²) in [5, 5.41) is 4.06. The lowest BCUT2D eigenvalue weighted by Crippen LogP contribution is -2.13. The first kappa shape index (κ1) is 20.4. The molecule has 0 radical (unpaired) electrons. The van der Waals surface area contributed by atoms with Gasteiger partial charge in [0.2, 0.25) is 0 Å². The fourth-order valence-corrected chi connectivity index (χ4v) is 3.17. The Balaban J connectivity index is 1.67. The molecule has 0 unspecified atom stereocenters. The predicted molar refractivity (Wildman–Crippen MR) is 109 cm³/mol. The summed E-state index contributed by atoms with van der Waals surface area (Å²) in [6, 6.07) is 11.7. The largest absolute Gasteiger partial charge is 0.493 e. The Bertz CT molecular complexity index is 939. The van der Waals surface area contributed by atoms with Crippen molar-refractivity contribution in [1.82, 2.24) is 10.3 Å². The van der Waals surface area contributed by atoms with Gasteiger partial charge in [-0.05, 0) is 41.5 Å². The van der Waals surface area contributed by atoms with Crippen molar-refractivity contribution in [2.75, 3.05) is 7.11 Å². The number of pyridine rings is 1. The molecule has 0 aliphatic rings. The van der Waals surface area contributed by atoms with E-state index in [0.29, 0.717) is 40.2 Å². The van der Waals surface area contributed by atoms with Gasteiger partial charge in [0.1, 0.15) is 12.4 Å². The average Bonchev–Trinajstić information content (AvgIpc) is 2.69. The van der Waals surface area contributed by atoms with E-state index in [2.05, 4.69) is 10.3 Å². The molecular formula is C21H19Cl2FN2O2. The Labute approximate surface area is 173 Å². The van der Waals surface area contributed by atoms with Gasteiger partial charge < -0.3 is 14.8 Å². The molecule has 3 rings (SSSR count). The van der Waals surface area contributed by atoms with Gasteiger partial charge in [0.05, 0.1) is 17.2 Å². The number of nitrogens with one attached hydrogen (secondary N) is 1. The summed E-state index contributed by atoms with van der Waals surface area (Å²) < 4.78 is 24.4. The van der Waals surface area contributed by atoms with Crippen molar-refractivity contribution in [1.29, 1.82) is 0 Å². The Hall–Kier alpha value is -2.34. The lowest BCUT2D eigenvalue weighted by Gasteiger charge is -2.15. The topological polar surface area (TPSA) is 43.4 Å². The molecule has 1 N–H and O–H groups in total. The second-order valence-electron chi connectivity index (χ2n) is 6.10. The third kappa shape index (κ3) is 5.35. The van der Waals surface area contributed by atoms with Crippen LogP contribution in [0, 0.1) is 5.82 Å². The van der Waals surface area contributed by atoms with Gasteiger partial charge in [-0.3, -0.25) is 4.98 Å². The van der Waals surface area contributed by atoms with Crippen LogP contribution in [0.15, 0.2) is 54.9 Å². The zero-order valence-electron chi connectivity index (χ0n) is 15.2. The normalized spacial score (nSPS) is 10.7. The average molecular weight is 421 g/mol. The van der Waals surface area contributed by atoms with E-state index in [1.165, 1.54) is 12.1 Å². The molecule has 0 saturated carbocycles. The monoisotopic (exact) mass is 420 g/mol. The number of benzene rings is 2. The Morgan fingerprint density at radius 1 is 1.04 bits per heavy atom. The van der Waals surface area contributed by atoms with Crippen LogP contribution in [0.1, 0.15) is 16.7 Å². The highest BCUT2D eigenvalue weighted by atomic mass is 35.5. The van der Waals surface area contributed by atoms with Gasteiger partial charge in [0, 0.05) is 31.0 Å². The number of methoxy groups -OCH3 is 1. The van der Waals surface area contributed by atoms with Gasteiger partial charge in [0.15, 0.2) is 11.5 Å². The number of ether oxygens (including phenoxy) is 2. The lowest BCUT2D eigenvalue weighted by atomic mass is 10.2. The lowest BCUT2D eigenvalue weighted by molar-refractivity contribution is 0.284. The molecular weight excluding hydrogens is 402 g/mol. The molecule has 2 aromatic carbocycles. The Kier molecular flexibility index (Phi) is 7.09. The van der Waals surface area contributed by atoms with Gasteiger partial charge in [-0.2, -0.15) is 0 Å². The minimum absolute atomic E-state index is 0.147. The van der Waals surface area contributed by atoms with Gasteiger partial charge in [-0.25, -0.2) is 4.39 Å². The quantitative estimate of drug-likeness (QED) is 0.529. The molecule has 0 atom stereocenters. The molecule has 0 bridgehead atoms. The number of rotatable bonds is 8. The number of aromatic nitrogens is 1. The number of halogens is 3. The molecule has 0 saturated heterocycles. The maximum absolute atomic E-state index is 13.2. The van der Waals surface area contributed by atoms with Gasteiger partial charge in [-0.15, -0.1) is 0 Å². The maximum atomic E-state index is 13.2. The zero-order chi connectivity index (χ0) is 19.9. The van der Waals surface area contributed by atoms with Crippen LogP contribution in [0.5, 0.6) is 11.5 Å². The number of hydrogen-bond acceptors (Lipinski definition) is 4. The second-order valence-corrected chi connectivity index (χ2v) is 6.91. The van der Waals surface area contributed by atoms with Gasteiger partial charge >= 0.3 is 0 Å². The van der Waals surface area contributed by atoms with E-state index in [0.717, 1.165) is 11.1 Å². The molecule has 0 fully saturated rings. The fourth-order valence-electron chi connectivity index (χ4n) is 2.66. The van der Waals surface area contributed by atoms with Crippen molar-refractivity contribution >= 4 is 23.2 Å². The van der Waals surface area contributed by atoms with Crippen LogP contribution in [0.3, 0.4) is 0 Å². The molecule has 28 heavy (non-hydrogen) atoms. The summed E-state index contributed by atoms with van der Waals surface area (Å²) in [5.74, 6) is 0.539. The van der Waals surface area contributed by atoms with Gasteiger partial charge in [0.25, 0.3) is 0 Å². The predicted octanol–water partition coefficient (Wildman–Crippen LogP) is 5.40. The first-order chi connectivity index (χ1) is 13.6. The second kappa shape index (κ2) is 9.73. The summed E-state index contributed by atoms with van der Waals surface area (Å²) in [7, 11) is 1.55. The molecule has 146 valence electrons. The van der Waals surface area contributed by atoms with Gasteiger partial charge in [-0.1, -0.05) is 35.3 Å². The first-order valence-corrected chi connectivity index (χ1v) is 9.35. The molecule has 0 aliphatic carbocycles. The smallest absolute Gasteiger partial charge is 0.180 e. The molecule has 3 aromatic rings. The van der Waals surface area contributed by atoms with Crippen LogP contribution in [0.2, 0.25) is 10.0 Å². The third-order valence-electron chi connectivity index (χ3n) is 4.06. The van der Waals surface area contributed by atoms with Crippen molar-refractivity contribution < 1.29 is 13.9 Å². The minimum atomic E-state index is -0.396. The van der Waals surface area contributed by atoms with E-state index in [1.807, 2.05) is 30.5 Å². The fraction of sp³-hybridized carbons (Fsp3) is 0.190. The van der Waals surface area contributed by atoms with Crippen LogP contribution in [-0.4, -0.2) is 12.1 Å². The molecule has 0 aliphatic heterocycles. The molecule has 0 amide bonds. The number of nitrogens with zero attached hydrogens (tertiary/aromatic N) is 1. The van der Waals surface area contributed by atoms with E-state index >= 15 is 0 Å². The highest BCUT2D eigenvalue weighted by Crippen LogP contribution is 2.37. The Morgan fingerprint density at radius 3 is 2.57 bits per heavy atom. The van der Waals surface area contributed by atoms with Crippen molar-refractivity contribution in [3.05, 3.63) is 87.4 Å². The van der Waals surface area contributed by atoms with Crippen LogP contribution < -0.4 is 14.8 Å². The van der Waals surface area contributed by atoms with Crippen LogP contribution >= 0.6 is 23.2 Å². The van der Waals surface area contributed by atoms with E-state index in [1.54, 1.807) is 19.4 Å². The van der Waals surface area contributed by atoms with E-state index < -0.39 is 5.82 Å². The summed E-state index contributed by atoms with van der Waals surface area (Å²) in [4.78, 5) is 4.09. The zero-order valence-corrected chi connectivity index (χ0v) is 16.7. The molecule has 1 heterocycles. The SMILES string of the molecule is COc1cc(CNCc2cccnc2)cc(Cl)c1OCc1ccc(F)cc1Cl. The summed E-state index contributed by atoms with van der Waals surface area (Å²) in [6.45, 7) is 1.44. The van der Waals surface area contributed by atoms with E-state index in [-0.39, 0.29) is 6.61 Å². The van der Waals surface area contributed by atoms with Crippen molar-refractivity contribution in [3.63, 3.8) is 0 Å². The summed E-state index contributed by atoms with van der Waals surface area (Å²) in [6.07, 6.45) is 3.56. The molecule has 4 nitrogen and oxygen atoms in total. The molecule has 1 aromatic heterocycles. The highest BCUT2D eigenvalue weighted by molar-refractivity contribution is 6.32. The van der Waals surface area contributed by atoms with Crippen LogP contribution in [0.4, 0.5) is 4.39 Å². The van der Waals surface area contributed by atoms with Crippen molar-refractivity contribution in [2.24, 2.45) is 0 Å². The van der Waals surface area contributed by atoms with Crippen molar-refractivity contribution in [2.45, 2.75) is 19.7 Å². The number of hydrogen-bond donors (Lipinski definition) is 1. The molecule has 7 heteroatoms. The van der Waals surface area contributed by atoms with Crippen LogP contribution in [-0.2, 0) is 19.7 Å². The summed E-state index contributed by atoms with van der Waals surface area (Å²) >= 11 is 12.4. The van der Waals surface area contributed by atoms with Crippen LogP contribution in [0.25, 0.3) is 0 Å². The minimum Gasteiger partial charge on any atom is -0.493 e.